The van der Waals surface area contributed by atoms with Crippen LogP contribution in [-0.2, 0) is 9.84 Å². The molecule has 1 N–H and O–H groups in total. The lowest BCUT2D eigenvalue weighted by Gasteiger charge is -2.04. The van der Waals surface area contributed by atoms with E-state index in [1.54, 1.807) is 6.07 Å². The van der Waals surface area contributed by atoms with Gasteiger partial charge < -0.3 is 5.11 Å². The summed E-state index contributed by atoms with van der Waals surface area (Å²) >= 11 is 5.70. The summed E-state index contributed by atoms with van der Waals surface area (Å²) in [7, 11) is -4.10. The lowest BCUT2D eigenvalue weighted by atomic mass is 10.2. The van der Waals surface area contributed by atoms with E-state index in [1.165, 1.54) is 30.3 Å². The molecule has 0 unspecified atom stereocenters. The first-order valence-electron chi connectivity index (χ1n) is 6.35. The summed E-state index contributed by atoms with van der Waals surface area (Å²) in [6, 6.07) is 10.1. The van der Waals surface area contributed by atoms with Crippen molar-refractivity contribution in [1.29, 1.82) is 5.26 Å². The molecule has 0 bridgehead atoms. The van der Waals surface area contributed by atoms with Gasteiger partial charge in [-0.1, -0.05) is 17.7 Å². The summed E-state index contributed by atoms with van der Waals surface area (Å²) in [4.78, 5) is 9.27. The Kier molecular flexibility index (Phi) is 4.87. The van der Waals surface area contributed by atoms with Crippen LogP contribution in [0.4, 0.5) is 5.69 Å². The van der Waals surface area contributed by atoms with Crippen LogP contribution in [0.15, 0.2) is 52.3 Å². The van der Waals surface area contributed by atoms with E-state index in [0.29, 0.717) is 5.02 Å². The summed E-state index contributed by atoms with van der Waals surface area (Å²) in [6.07, 6.45) is 0.996. The highest BCUT2D eigenvalue weighted by molar-refractivity contribution is 7.95. The molecule has 0 aromatic heterocycles. The van der Waals surface area contributed by atoms with Gasteiger partial charge in [0.1, 0.15) is 11.0 Å². The monoisotopic (exact) mass is 364 g/mol. The van der Waals surface area contributed by atoms with Gasteiger partial charge in [-0.25, -0.2) is 8.42 Å². The second-order valence-electron chi connectivity index (χ2n) is 4.58. The molecular weight excluding hydrogens is 356 g/mol. The molecule has 2 aromatic carbocycles. The summed E-state index contributed by atoms with van der Waals surface area (Å²) < 4.78 is 24.9. The van der Waals surface area contributed by atoms with E-state index >= 15 is 0 Å². The number of nitriles is 1. The first kappa shape index (κ1) is 17.5. The second kappa shape index (κ2) is 6.70. The molecule has 24 heavy (non-hydrogen) atoms. The topological polar surface area (TPSA) is 121 Å². The van der Waals surface area contributed by atoms with E-state index in [0.717, 1.165) is 18.2 Å². The molecule has 0 saturated carbocycles. The Morgan fingerprint density at radius 1 is 1.25 bits per heavy atom. The molecule has 0 aliphatic rings. The van der Waals surface area contributed by atoms with Gasteiger partial charge in [0.05, 0.1) is 9.82 Å². The Labute approximate surface area is 142 Å². The number of benzene rings is 2. The fourth-order valence-corrected chi connectivity index (χ4v) is 3.12. The molecule has 0 saturated heterocycles. The molecule has 122 valence electrons. The van der Waals surface area contributed by atoms with Gasteiger partial charge in [-0.05, 0) is 42.0 Å². The van der Waals surface area contributed by atoms with Gasteiger partial charge in [0.25, 0.3) is 0 Å². The van der Waals surface area contributed by atoms with Crippen LogP contribution >= 0.6 is 11.6 Å². The van der Waals surface area contributed by atoms with E-state index in [9.17, 15) is 23.6 Å². The maximum atomic E-state index is 12.4. The van der Waals surface area contributed by atoms with Crippen LogP contribution in [0.1, 0.15) is 5.56 Å². The van der Waals surface area contributed by atoms with Crippen molar-refractivity contribution in [2.24, 2.45) is 0 Å². The molecule has 0 radical (unpaired) electrons. The zero-order valence-corrected chi connectivity index (χ0v) is 13.5. The molecule has 0 spiro atoms. The molecule has 0 fully saturated rings. The number of nitro groups is 1. The van der Waals surface area contributed by atoms with Crippen molar-refractivity contribution < 1.29 is 18.4 Å². The molecule has 9 heteroatoms. The fraction of sp³-hybridized carbons (Fsp3) is 0. The van der Waals surface area contributed by atoms with Crippen LogP contribution in [0, 0.1) is 21.4 Å². The highest BCUT2D eigenvalue weighted by Gasteiger charge is 2.21. The van der Waals surface area contributed by atoms with Gasteiger partial charge >= 0.3 is 5.69 Å². The Morgan fingerprint density at radius 2 is 1.88 bits per heavy atom. The van der Waals surface area contributed by atoms with Crippen molar-refractivity contribution in [2.45, 2.75) is 4.90 Å². The van der Waals surface area contributed by atoms with Gasteiger partial charge in [-0.15, -0.1) is 0 Å². The quantitative estimate of drug-likeness (QED) is 0.504. The third-order valence-corrected chi connectivity index (χ3v) is 4.95. The van der Waals surface area contributed by atoms with E-state index in [4.69, 9.17) is 16.9 Å². The summed E-state index contributed by atoms with van der Waals surface area (Å²) in [5, 5.41) is 29.7. The van der Waals surface area contributed by atoms with Gasteiger partial charge in [-0.2, -0.15) is 5.26 Å². The van der Waals surface area contributed by atoms with Crippen molar-refractivity contribution in [1.82, 2.24) is 0 Å². The predicted octanol–water partition coefficient (Wildman–Crippen LogP) is 3.29. The maximum Gasteiger partial charge on any atom is 0.311 e. The van der Waals surface area contributed by atoms with Crippen LogP contribution in [0.2, 0.25) is 5.02 Å². The molecule has 2 rings (SSSR count). The predicted molar refractivity (Wildman–Crippen MR) is 87.0 cm³/mol. The molecular formula is C15H9ClN2O5S. The van der Waals surface area contributed by atoms with E-state index in [-0.39, 0.29) is 10.5 Å². The summed E-state index contributed by atoms with van der Waals surface area (Å²) in [5.74, 6) is -0.559. The smallest absolute Gasteiger partial charge is 0.311 e. The Morgan fingerprint density at radius 3 is 2.42 bits per heavy atom. The zero-order valence-electron chi connectivity index (χ0n) is 11.9. The maximum absolute atomic E-state index is 12.4. The number of phenols is 1. The third-order valence-electron chi connectivity index (χ3n) is 3.02. The van der Waals surface area contributed by atoms with Gasteiger partial charge in [0.2, 0.25) is 9.84 Å². The number of hydrogen-bond acceptors (Lipinski definition) is 6. The largest absolute Gasteiger partial charge is 0.502 e. The van der Waals surface area contributed by atoms with Crippen LogP contribution in [-0.4, -0.2) is 18.4 Å². The van der Waals surface area contributed by atoms with Crippen molar-refractivity contribution in [3.05, 3.63) is 68.1 Å². The molecule has 0 atom stereocenters. The van der Waals surface area contributed by atoms with Crippen LogP contribution in [0.25, 0.3) is 6.08 Å². The zero-order chi connectivity index (χ0) is 17.9. The highest BCUT2D eigenvalue weighted by atomic mass is 35.5. The van der Waals surface area contributed by atoms with E-state index in [2.05, 4.69) is 0 Å². The van der Waals surface area contributed by atoms with Crippen molar-refractivity contribution >= 4 is 33.2 Å². The molecule has 0 heterocycles. The molecule has 2 aromatic rings. The Bertz CT molecular complexity index is 976. The second-order valence-corrected chi connectivity index (χ2v) is 6.94. The van der Waals surface area contributed by atoms with Crippen molar-refractivity contribution in [3.63, 3.8) is 0 Å². The fourth-order valence-electron chi connectivity index (χ4n) is 1.84. The van der Waals surface area contributed by atoms with Crippen molar-refractivity contribution in [3.8, 4) is 11.8 Å². The van der Waals surface area contributed by atoms with Gasteiger partial charge in [-0.3, -0.25) is 10.1 Å². The average molecular weight is 365 g/mol. The number of phenolic OH excluding ortho intramolecular Hbond substituents is 1. The lowest BCUT2D eigenvalue weighted by Crippen LogP contribution is -2.03. The van der Waals surface area contributed by atoms with Crippen LogP contribution in [0.3, 0.4) is 0 Å². The first-order chi connectivity index (χ1) is 11.3. The van der Waals surface area contributed by atoms with Crippen LogP contribution < -0.4 is 0 Å². The Balaban J connectivity index is 2.54. The van der Waals surface area contributed by atoms with Gasteiger partial charge in [0.15, 0.2) is 5.75 Å². The SMILES string of the molecule is N#CC(=Cc1ccc(O)c([N+](=O)[O-])c1)S(=O)(=O)c1ccc(Cl)cc1. The number of hydrogen-bond donors (Lipinski definition) is 1. The van der Waals surface area contributed by atoms with E-state index in [1.807, 2.05) is 0 Å². The minimum Gasteiger partial charge on any atom is -0.502 e. The molecule has 0 amide bonds. The number of sulfone groups is 1. The lowest BCUT2D eigenvalue weighted by molar-refractivity contribution is -0.385. The minimum absolute atomic E-state index is 0.0913. The Hall–Kier alpha value is -2.89. The highest BCUT2D eigenvalue weighted by Crippen LogP contribution is 2.29. The minimum atomic E-state index is -4.10. The number of allylic oxidation sites excluding steroid dienone is 1. The van der Waals surface area contributed by atoms with Crippen molar-refractivity contribution in [2.75, 3.05) is 0 Å². The number of nitro benzene ring substituents is 1. The normalized spacial score (nSPS) is 11.8. The van der Waals surface area contributed by atoms with Crippen LogP contribution in [0.5, 0.6) is 5.75 Å². The number of aromatic hydroxyl groups is 1. The standard InChI is InChI=1S/C15H9ClN2O5S/c16-11-2-4-12(5-3-11)24(22,23)13(9-17)7-10-1-6-15(19)14(8-10)18(20)21/h1-8,19H. The van der Waals surface area contributed by atoms with E-state index < -0.39 is 31.1 Å². The number of nitrogens with zero attached hydrogens (tertiary/aromatic N) is 2. The number of rotatable bonds is 4. The molecule has 7 nitrogen and oxygen atoms in total. The third kappa shape index (κ3) is 3.53. The summed E-state index contributed by atoms with van der Waals surface area (Å²) in [6.45, 7) is 0. The average Bonchev–Trinajstić information content (AvgIpc) is 2.54. The first-order valence-corrected chi connectivity index (χ1v) is 8.21. The molecule has 0 aliphatic heterocycles. The van der Waals surface area contributed by atoms with Gasteiger partial charge in [0, 0.05) is 11.1 Å². The molecule has 0 aliphatic carbocycles. The number of halogens is 1. The summed E-state index contributed by atoms with van der Waals surface area (Å²) in [5.41, 5.74) is -0.501.